The first-order valence-electron chi connectivity index (χ1n) is 7.30. The number of hydrogen-bond donors (Lipinski definition) is 2. The van der Waals surface area contributed by atoms with Crippen molar-refractivity contribution in [3.05, 3.63) is 29.8 Å². The summed E-state index contributed by atoms with van der Waals surface area (Å²) in [5.41, 5.74) is 6.62. The molecule has 1 aromatic carbocycles. The number of carbonyl (C=O) groups is 1. The summed E-state index contributed by atoms with van der Waals surface area (Å²) >= 11 is 0. The zero-order chi connectivity index (χ0) is 14.8. The molecule has 1 rings (SSSR count). The van der Waals surface area contributed by atoms with E-state index in [1.807, 2.05) is 38.1 Å². The van der Waals surface area contributed by atoms with Crippen molar-refractivity contribution in [2.75, 3.05) is 13.2 Å². The number of unbranched alkanes of at least 4 members (excludes halogenated alkanes) is 2. The van der Waals surface area contributed by atoms with Crippen LogP contribution in [0.1, 0.15) is 38.2 Å². The normalized spacial score (nSPS) is 11.9. The molecule has 4 heteroatoms. The van der Waals surface area contributed by atoms with E-state index in [2.05, 4.69) is 5.32 Å². The largest absolute Gasteiger partial charge is 0.491 e. The van der Waals surface area contributed by atoms with E-state index in [1.165, 1.54) is 5.56 Å². The Morgan fingerprint density at radius 1 is 1.25 bits per heavy atom. The Morgan fingerprint density at radius 3 is 2.60 bits per heavy atom. The number of aryl methyl sites for hydroxylation is 1. The average molecular weight is 278 g/mol. The number of nitrogens with one attached hydrogen (secondary N) is 1. The first-order valence-corrected chi connectivity index (χ1v) is 7.30. The lowest BCUT2D eigenvalue weighted by Crippen LogP contribution is -2.36. The molecule has 0 aromatic heterocycles. The van der Waals surface area contributed by atoms with Crippen LogP contribution in [0.25, 0.3) is 0 Å². The highest BCUT2D eigenvalue weighted by Crippen LogP contribution is 2.11. The van der Waals surface area contributed by atoms with E-state index in [1.54, 1.807) is 0 Å². The fourth-order valence-corrected chi connectivity index (χ4v) is 1.85. The van der Waals surface area contributed by atoms with E-state index in [0.29, 0.717) is 19.6 Å². The van der Waals surface area contributed by atoms with E-state index in [9.17, 15) is 4.79 Å². The Hall–Kier alpha value is -1.55. The first kappa shape index (κ1) is 16.5. The summed E-state index contributed by atoms with van der Waals surface area (Å²) in [5, 5.41) is 2.94. The highest BCUT2D eigenvalue weighted by molar-refractivity contribution is 5.76. The second-order valence-corrected chi connectivity index (χ2v) is 5.19. The number of amides is 1. The second kappa shape index (κ2) is 9.37. The molecule has 0 saturated carbocycles. The topological polar surface area (TPSA) is 64.3 Å². The third-order valence-corrected chi connectivity index (χ3v) is 3.04. The maximum Gasteiger partial charge on any atom is 0.220 e. The molecule has 0 saturated heterocycles. The molecule has 0 aliphatic rings. The molecule has 1 aromatic rings. The summed E-state index contributed by atoms with van der Waals surface area (Å²) in [6.07, 6.45) is 3.46. The van der Waals surface area contributed by atoms with Crippen LogP contribution >= 0.6 is 0 Å². The van der Waals surface area contributed by atoms with Gasteiger partial charge in [-0.05, 0) is 45.4 Å². The van der Waals surface area contributed by atoms with Crippen LogP contribution in [-0.4, -0.2) is 25.1 Å². The molecule has 4 nitrogen and oxygen atoms in total. The molecule has 1 amide bonds. The summed E-state index contributed by atoms with van der Waals surface area (Å²) in [6.45, 7) is 5.17. The number of nitrogens with two attached hydrogens (primary N) is 1. The van der Waals surface area contributed by atoms with Crippen molar-refractivity contribution in [2.24, 2.45) is 5.73 Å². The Morgan fingerprint density at radius 2 is 1.95 bits per heavy atom. The van der Waals surface area contributed by atoms with Gasteiger partial charge in [0.15, 0.2) is 0 Å². The first-order chi connectivity index (χ1) is 9.61. The third-order valence-electron chi connectivity index (χ3n) is 3.04. The monoisotopic (exact) mass is 278 g/mol. The fourth-order valence-electron chi connectivity index (χ4n) is 1.85. The minimum atomic E-state index is 0.0123. The van der Waals surface area contributed by atoms with Gasteiger partial charge in [0.25, 0.3) is 0 Å². The van der Waals surface area contributed by atoms with E-state index in [4.69, 9.17) is 10.5 Å². The van der Waals surface area contributed by atoms with Gasteiger partial charge in [0.05, 0.1) is 6.04 Å². The molecule has 0 heterocycles. The van der Waals surface area contributed by atoms with Gasteiger partial charge in [-0.2, -0.15) is 0 Å². The highest BCUT2D eigenvalue weighted by Gasteiger charge is 2.07. The van der Waals surface area contributed by atoms with Crippen molar-refractivity contribution >= 4 is 5.91 Å². The minimum Gasteiger partial charge on any atom is -0.491 e. The summed E-state index contributed by atoms with van der Waals surface area (Å²) in [5.74, 6) is 0.918. The van der Waals surface area contributed by atoms with Crippen LogP contribution in [-0.2, 0) is 4.79 Å². The van der Waals surface area contributed by atoms with Crippen LogP contribution in [0.2, 0.25) is 0 Å². The van der Waals surface area contributed by atoms with Crippen molar-refractivity contribution in [3.8, 4) is 5.75 Å². The molecule has 0 bridgehead atoms. The summed E-state index contributed by atoms with van der Waals surface area (Å²) in [6, 6.07) is 7.91. The van der Waals surface area contributed by atoms with Gasteiger partial charge < -0.3 is 15.8 Å². The molecular weight excluding hydrogens is 252 g/mol. The van der Waals surface area contributed by atoms with Gasteiger partial charge in [-0.1, -0.05) is 24.1 Å². The van der Waals surface area contributed by atoms with E-state index in [-0.39, 0.29) is 11.9 Å². The minimum absolute atomic E-state index is 0.0123. The second-order valence-electron chi connectivity index (χ2n) is 5.19. The van der Waals surface area contributed by atoms with Crippen molar-refractivity contribution < 1.29 is 9.53 Å². The van der Waals surface area contributed by atoms with Gasteiger partial charge in [-0.25, -0.2) is 0 Å². The van der Waals surface area contributed by atoms with Crippen LogP contribution in [0.4, 0.5) is 0 Å². The standard InChI is InChI=1S/C16H26N2O2/c1-13-7-9-15(10-8-13)20-12-14(2)18-16(19)6-4-3-5-11-17/h7-10,14H,3-6,11-12,17H2,1-2H3,(H,18,19). The van der Waals surface area contributed by atoms with Gasteiger partial charge >= 0.3 is 0 Å². The van der Waals surface area contributed by atoms with Crippen LogP contribution in [0.5, 0.6) is 5.75 Å². The Kier molecular flexibility index (Phi) is 7.73. The Balaban J connectivity index is 2.17. The molecule has 1 atom stereocenters. The lowest BCUT2D eigenvalue weighted by molar-refractivity contribution is -0.122. The molecule has 0 radical (unpaired) electrons. The maximum absolute atomic E-state index is 11.7. The molecule has 0 aliphatic carbocycles. The summed E-state index contributed by atoms with van der Waals surface area (Å²) < 4.78 is 5.64. The van der Waals surface area contributed by atoms with Crippen molar-refractivity contribution in [1.29, 1.82) is 0 Å². The number of ether oxygens (including phenoxy) is 1. The van der Waals surface area contributed by atoms with Crippen molar-refractivity contribution in [2.45, 2.75) is 45.6 Å². The quantitative estimate of drug-likeness (QED) is 0.682. The molecule has 0 fully saturated rings. The molecule has 0 aliphatic heterocycles. The summed E-state index contributed by atoms with van der Waals surface area (Å²) in [7, 11) is 0. The fraction of sp³-hybridized carbons (Fsp3) is 0.562. The number of rotatable bonds is 9. The van der Waals surface area contributed by atoms with Gasteiger partial charge in [0, 0.05) is 6.42 Å². The third kappa shape index (κ3) is 7.14. The van der Waals surface area contributed by atoms with E-state index >= 15 is 0 Å². The van der Waals surface area contributed by atoms with E-state index < -0.39 is 0 Å². The molecule has 112 valence electrons. The average Bonchev–Trinajstić information content (AvgIpc) is 2.43. The predicted molar refractivity (Wildman–Crippen MR) is 81.8 cm³/mol. The van der Waals surface area contributed by atoms with Crippen LogP contribution in [0.3, 0.4) is 0 Å². The lowest BCUT2D eigenvalue weighted by atomic mass is 10.2. The zero-order valence-electron chi connectivity index (χ0n) is 12.5. The van der Waals surface area contributed by atoms with Crippen LogP contribution in [0, 0.1) is 6.92 Å². The van der Waals surface area contributed by atoms with Crippen LogP contribution in [0.15, 0.2) is 24.3 Å². The maximum atomic E-state index is 11.7. The number of carbonyl (C=O) groups excluding carboxylic acids is 1. The van der Waals surface area contributed by atoms with E-state index in [0.717, 1.165) is 25.0 Å². The molecular formula is C16H26N2O2. The van der Waals surface area contributed by atoms with Gasteiger partial charge in [-0.3, -0.25) is 4.79 Å². The predicted octanol–water partition coefficient (Wildman–Crippen LogP) is 2.40. The van der Waals surface area contributed by atoms with Gasteiger partial charge in [-0.15, -0.1) is 0 Å². The van der Waals surface area contributed by atoms with Crippen LogP contribution < -0.4 is 15.8 Å². The molecule has 20 heavy (non-hydrogen) atoms. The smallest absolute Gasteiger partial charge is 0.220 e. The number of benzene rings is 1. The summed E-state index contributed by atoms with van der Waals surface area (Å²) in [4.78, 5) is 11.7. The Bertz CT molecular complexity index is 390. The molecule has 0 spiro atoms. The van der Waals surface area contributed by atoms with Crippen molar-refractivity contribution in [3.63, 3.8) is 0 Å². The molecule has 1 unspecified atom stereocenters. The highest BCUT2D eigenvalue weighted by atomic mass is 16.5. The number of hydrogen-bond acceptors (Lipinski definition) is 3. The molecule has 3 N–H and O–H groups in total. The van der Waals surface area contributed by atoms with Crippen molar-refractivity contribution in [1.82, 2.24) is 5.32 Å². The SMILES string of the molecule is Cc1ccc(OCC(C)NC(=O)CCCCCN)cc1. The Labute approximate surface area is 121 Å². The lowest BCUT2D eigenvalue weighted by Gasteiger charge is -2.15. The van der Waals surface area contributed by atoms with Gasteiger partial charge in [0.1, 0.15) is 12.4 Å². The zero-order valence-corrected chi connectivity index (χ0v) is 12.5. The van der Waals surface area contributed by atoms with Gasteiger partial charge in [0.2, 0.25) is 5.91 Å².